The molecule has 1 heterocycles. The Hall–Kier alpha value is -3.39. The molecule has 0 aliphatic carbocycles. The lowest BCUT2D eigenvalue weighted by atomic mass is 9.73. The number of halogens is 1. The van der Waals surface area contributed by atoms with Crippen molar-refractivity contribution in [3.63, 3.8) is 0 Å². The first kappa shape index (κ1) is 23.8. The first-order valence-corrected chi connectivity index (χ1v) is 12.5. The van der Waals surface area contributed by atoms with Gasteiger partial charge in [0.15, 0.2) is 0 Å². The molecule has 8 heteroatoms. The molecule has 3 aromatic carbocycles. The molecule has 2 N–H and O–H groups in total. The minimum atomic E-state index is -3.90. The first-order valence-electron chi connectivity index (χ1n) is 11.1. The highest BCUT2D eigenvalue weighted by molar-refractivity contribution is 7.92. The van der Waals surface area contributed by atoms with Gasteiger partial charge in [-0.25, -0.2) is 17.6 Å². The van der Waals surface area contributed by atoms with Crippen molar-refractivity contribution in [3.8, 4) is 0 Å². The molecule has 4 rings (SSSR count). The average Bonchev–Trinajstić information content (AvgIpc) is 2.79. The van der Waals surface area contributed by atoms with Gasteiger partial charge < -0.3 is 10.1 Å². The summed E-state index contributed by atoms with van der Waals surface area (Å²) in [6.07, 6.45) is 0.668. The van der Waals surface area contributed by atoms with Crippen molar-refractivity contribution in [2.75, 3.05) is 16.6 Å². The summed E-state index contributed by atoms with van der Waals surface area (Å²) in [4.78, 5) is 12.2. The minimum absolute atomic E-state index is 0.0162. The summed E-state index contributed by atoms with van der Waals surface area (Å²) < 4.78 is 46.9. The number of ether oxygens (including phenoxy) is 1. The second-order valence-electron chi connectivity index (χ2n) is 8.91. The summed E-state index contributed by atoms with van der Waals surface area (Å²) in [5.74, 6) is -0.860. The van der Waals surface area contributed by atoms with Crippen LogP contribution in [0.25, 0.3) is 0 Å². The van der Waals surface area contributed by atoms with Crippen molar-refractivity contribution in [2.45, 2.75) is 43.5 Å². The number of hydrogen-bond donors (Lipinski definition) is 2. The Morgan fingerprint density at radius 1 is 1.12 bits per heavy atom. The molecule has 34 heavy (non-hydrogen) atoms. The fraction of sp³-hybridized carbons (Fsp3) is 0.269. The molecule has 0 spiro atoms. The molecule has 1 unspecified atom stereocenters. The number of nitrogens with one attached hydrogen (secondary N) is 2. The number of anilines is 2. The van der Waals surface area contributed by atoms with E-state index in [1.54, 1.807) is 25.1 Å². The Morgan fingerprint density at radius 2 is 1.82 bits per heavy atom. The van der Waals surface area contributed by atoms with E-state index in [0.29, 0.717) is 24.3 Å². The van der Waals surface area contributed by atoms with E-state index in [9.17, 15) is 17.6 Å². The molecule has 0 radical (unpaired) electrons. The molecule has 0 bridgehead atoms. The third kappa shape index (κ3) is 4.77. The Labute approximate surface area is 199 Å². The molecule has 3 aromatic rings. The molecule has 6 nitrogen and oxygen atoms in total. The van der Waals surface area contributed by atoms with Crippen molar-refractivity contribution in [1.82, 2.24) is 0 Å². The summed E-state index contributed by atoms with van der Waals surface area (Å²) in [5.41, 5.74) is 3.33. The highest BCUT2D eigenvalue weighted by Gasteiger charge is 2.35. The zero-order valence-electron chi connectivity index (χ0n) is 19.3. The van der Waals surface area contributed by atoms with Gasteiger partial charge >= 0.3 is 5.97 Å². The molecule has 0 aromatic heterocycles. The van der Waals surface area contributed by atoms with E-state index in [4.69, 9.17) is 4.74 Å². The molecule has 0 fully saturated rings. The van der Waals surface area contributed by atoms with Gasteiger partial charge in [-0.1, -0.05) is 32.0 Å². The molecular formula is C26H27FN2O4S. The molecule has 1 atom stereocenters. The number of sulfonamides is 1. The van der Waals surface area contributed by atoms with Gasteiger partial charge in [0.1, 0.15) is 5.82 Å². The van der Waals surface area contributed by atoms with E-state index in [0.717, 1.165) is 28.9 Å². The van der Waals surface area contributed by atoms with Gasteiger partial charge in [-0.05, 0) is 78.4 Å². The fourth-order valence-corrected chi connectivity index (χ4v) is 5.42. The number of carbonyl (C=O) groups is 1. The van der Waals surface area contributed by atoms with Crippen molar-refractivity contribution in [2.24, 2.45) is 0 Å². The molecule has 1 aliphatic rings. The van der Waals surface area contributed by atoms with Gasteiger partial charge in [-0.15, -0.1) is 0 Å². The number of para-hydroxylation sites is 1. The van der Waals surface area contributed by atoms with Gasteiger partial charge in [-0.3, -0.25) is 4.72 Å². The minimum Gasteiger partial charge on any atom is -0.462 e. The lowest BCUT2D eigenvalue weighted by Crippen LogP contribution is -2.32. The van der Waals surface area contributed by atoms with Crippen LogP contribution in [0.5, 0.6) is 0 Å². The number of hydrogen-bond acceptors (Lipinski definition) is 5. The van der Waals surface area contributed by atoms with Gasteiger partial charge in [0.05, 0.1) is 28.8 Å². The quantitative estimate of drug-likeness (QED) is 0.445. The standard InChI is InChI=1S/C26H27FN2O4S/c1-4-33-25(30)17-9-14-23-21(15-17)26(2,3)16-24(28-23)20-7-5-6-8-22(20)29-34(31,32)19-12-10-18(27)11-13-19/h5-15,24,28-29H,4,16H2,1-3H3. The third-order valence-electron chi connectivity index (χ3n) is 6.01. The van der Waals surface area contributed by atoms with Crippen LogP contribution in [0, 0.1) is 5.82 Å². The summed E-state index contributed by atoms with van der Waals surface area (Å²) >= 11 is 0. The van der Waals surface area contributed by atoms with E-state index in [1.165, 1.54) is 12.1 Å². The highest BCUT2D eigenvalue weighted by Crippen LogP contribution is 2.45. The summed E-state index contributed by atoms with van der Waals surface area (Å²) in [6.45, 7) is 6.28. The lowest BCUT2D eigenvalue weighted by Gasteiger charge is -2.39. The number of esters is 1. The maximum absolute atomic E-state index is 13.3. The van der Waals surface area contributed by atoms with Crippen LogP contribution in [0.3, 0.4) is 0 Å². The van der Waals surface area contributed by atoms with Crippen molar-refractivity contribution >= 4 is 27.4 Å². The van der Waals surface area contributed by atoms with Gasteiger partial charge in [0.25, 0.3) is 10.0 Å². The lowest BCUT2D eigenvalue weighted by molar-refractivity contribution is 0.0526. The predicted molar refractivity (Wildman–Crippen MR) is 130 cm³/mol. The molecule has 178 valence electrons. The third-order valence-corrected chi connectivity index (χ3v) is 7.39. The van der Waals surface area contributed by atoms with Gasteiger partial charge in [0.2, 0.25) is 0 Å². The first-order chi connectivity index (χ1) is 16.1. The molecule has 1 aliphatic heterocycles. The van der Waals surface area contributed by atoms with Crippen LogP contribution < -0.4 is 10.0 Å². The van der Waals surface area contributed by atoms with Crippen LogP contribution in [0.15, 0.2) is 71.6 Å². The maximum atomic E-state index is 13.3. The summed E-state index contributed by atoms with van der Waals surface area (Å²) in [7, 11) is -3.90. The van der Waals surface area contributed by atoms with Crippen molar-refractivity contribution in [1.29, 1.82) is 0 Å². The van der Waals surface area contributed by atoms with E-state index in [-0.39, 0.29) is 22.3 Å². The summed E-state index contributed by atoms with van der Waals surface area (Å²) in [6, 6.07) is 17.2. The number of benzene rings is 3. The SMILES string of the molecule is CCOC(=O)c1ccc2c(c1)C(C)(C)CC(c1ccccc1NS(=O)(=O)c1ccc(F)cc1)N2. The largest absolute Gasteiger partial charge is 0.462 e. The Bertz CT molecular complexity index is 1320. The van der Waals surface area contributed by atoms with E-state index < -0.39 is 15.8 Å². The zero-order valence-corrected chi connectivity index (χ0v) is 20.1. The van der Waals surface area contributed by atoms with Gasteiger partial charge in [-0.2, -0.15) is 0 Å². The van der Waals surface area contributed by atoms with Crippen LogP contribution in [-0.4, -0.2) is 21.0 Å². The van der Waals surface area contributed by atoms with E-state index in [2.05, 4.69) is 23.9 Å². The molecule has 0 amide bonds. The molecule has 0 saturated heterocycles. The maximum Gasteiger partial charge on any atom is 0.338 e. The van der Waals surface area contributed by atoms with Crippen LogP contribution in [0.4, 0.5) is 15.8 Å². The van der Waals surface area contributed by atoms with Crippen LogP contribution in [-0.2, 0) is 20.2 Å². The molecular weight excluding hydrogens is 455 g/mol. The van der Waals surface area contributed by atoms with Crippen LogP contribution in [0.2, 0.25) is 0 Å². The Balaban J connectivity index is 1.66. The molecule has 0 saturated carbocycles. The van der Waals surface area contributed by atoms with Crippen LogP contribution in [0.1, 0.15) is 54.7 Å². The second-order valence-corrected chi connectivity index (χ2v) is 10.6. The number of fused-ring (bicyclic) bond motifs is 1. The van der Waals surface area contributed by atoms with Crippen molar-refractivity contribution in [3.05, 3.63) is 89.2 Å². The monoisotopic (exact) mass is 482 g/mol. The summed E-state index contributed by atoms with van der Waals surface area (Å²) in [5, 5.41) is 3.50. The topological polar surface area (TPSA) is 84.5 Å². The van der Waals surface area contributed by atoms with E-state index in [1.807, 2.05) is 24.3 Å². The second kappa shape index (κ2) is 9.10. The number of rotatable bonds is 6. The van der Waals surface area contributed by atoms with Crippen LogP contribution >= 0.6 is 0 Å². The normalized spacial score (nSPS) is 16.8. The smallest absolute Gasteiger partial charge is 0.338 e. The predicted octanol–water partition coefficient (Wildman–Crippen LogP) is 5.64. The van der Waals surface area contributed by atoms with E-state index >= 15 is 0 Å². The number of carbonyl (C=O) groups excluding carboxylic acids is 1. The fourth-order valence-electron chi connectivity index (χ4n) is 4.33. The Kier molecular flexibility index (Phi) is 6.36. The zero-order chi connectivity index (χ0) is 24.5. The van der Waals surface area contributed by atoms with Crippen molar-refractivity contribution < 1.29 is 22.3 Å². The Morgan fingerprint density at radius 3 is 2.53 bits per heavy atom. The average molecular weight is 483 g/mol. The highest BCUT2D eigenvalue weighted by atomic mass is 32.2. The van der Waals surface area contributed by atoms with Gasteiger partial charge in [0, 0.05) is 5.69 Å².